The Kier molecular flexibility index (Phi) is 2.72. The summed E-state index contributed by atoms with van der Waals surface area (Å²) >= 11 is 0. The number of benzene rings is 1. The third-order valence-electron chi connectivity index (χ3n) is 2.89. The molecule has 0 unspecified atom stereocenters. The molecule has 0 atom stereocenters. The van der Waals surface area contributed by atoms with E-state index in [0.29, 0.717) is 11.5 Å². The smallest absolute Gasteiger partial charge is 0.233 e. The van der Waals surface area contributed by atoms with Crippen LogP contribution in [0.1, 0.15) is 5.56 Å². The average Bonchev–Trinajstić information content (AvgIpc) is 2.90. The Balaban J connectivity index is 2.11. The number of fused-ring (bicyclic) bond motifs is 1. The standard InChI is InChI=1S/C14H11N4O/c1-15-14-16-5-4-12(18-14)13-7-10-6-9(8-19)2-3-11(10)17-13/h2-7,17H,1H3,(H,15,16,18). The highest BCUT2D eigenvalue weighted by atomic mass is 16.1. The van der Waals surface area contributed by atoms with Gasteiger partial charge in [-0.25, -0.2) is 9.97 Å². The molecule has 0 aliphatic heterocycles. The van der Waals surface area contributed by atoms with Gasteiger partial charge in [0.15, 0.2) is 0 Å². The second-order valence-corrected chi connectivity index (χ2v) is 4.10. The third-order valence-corrected chi connectivity index (χ3v) is 2.89. The zero-order valence-corrected chi connectivity index (χ0v) is 10.3. The number of nitrogens with zero attached hydrogens (tertiary/aromatic N) is 2. The van der Waals surface area contributed by atoms with E-state index in [-0.39, 0.29) is 0 Å². The first-order chi connectivity index (χ1) is 9.30. The number of hydrogen-bond acceptors (Lipinski definition) is 4. The van der Waals surface area contributed by atoms with Gasteiger partial charge in [0, 0.05) is 29.7 Å². The molecular formula is C14H11N4O. The third kappa shape index (κ3) is 2.06. The number of anilines is 1. The average molecular weight is 251 g/mol. The molecule has 0 aliphatic rings. The lowest BCUT2D eigenvalue weighted by Gasteiger charge is -2.00. The second kappa shape index (κ2) is 4.53. The fraction of sp³-hybridized carbons (Fsp3) is 0.0714. The van der Waals surface area contributed by atoms with E-state index in [1.165, 1.54) is 0 Å². The number of H-pyrrole nitrogens is 1. The molecule has 5 nitrogen and oxygen atoms in total. The van der Waals surface area contributed by atoms with E-state index >= 15 is 0 Å². The van der Waals surface area contributed by atoms with Crippen molar-refractivity contribution in [3.63, 3.8) is 0 Å². The summed E-state index contributed by atoms with van der Waals surface area (Å²) in [6.45, 7) is 0. The van der Waals surface area contributed by atoms with E-state index in [9.17, 15) is 4.79 Å². The van der Waals surface area contributed by atoms with Crippen molar-refractivity contribution in [2.24, 2.45) is 0 Å². The summed E-state index contributed by atoms with van der Waals surface area (Å²) in [5.41, 5.74) is 3.18. The van der Waals surface area contributed by atoms with Crippen LogP contribution < -0.4 is 5.32 Å². The zero-order chi connectivity index (χ0) is 13.2. The van der Waals surface area contributed by atoms with Crippen LogP contribution in [0.25, 0.3) is 22.3 Å². The molecule has 2 N–H and O–H groups in total. The summed E-state index contributed by atoms with van der Waals surface area (Å²) in [6.07, 6.45) is 3.59. The van der Waals surface area contributed by atoms with E-state index in [1.54, 1.807) is 25.4 Å². The normalized spacial score (nSPS) is 10.6. The van der Waals surface area contributed by atoms with Crippen LogP contribution in [0, 0.1) is 0 Å². The van der Waals surface area contributed by atoms with E-state index < -0.39 is 0 Å². The molecule has 0 bridgehead atoms. The van der Waals surface area contributed by atoms with Crippen molar-refractivity contribution in [1.29, 1.82) is 0 Å². The van der Waals surface area contributed by atoms with Gasteiger partial charge in [0.1, 0.15) is 0 Å². The number of aromatic nitrogens is 3. The molecule has 0 fully saturated rings. The first kappa shape index (κ1) is 11.4. The predicted octanol–water partition coefficient (Wildman–Crippen LogP) is 2.12. The van der Waals surface area contributed by atoms with Crippen molar-refractivity contribution in [2.75, 3.05) is 12.4 Å². The lowest BCUT2D eigenvalue weighted by Crippen LogP contribution is -1.96. The molecule has 2 heterocycles. The van der Waals surface area contributed by atoms with Crippen molar-refractivity contribution in [3.05, 3.63) is 42.1 Å². The van der Waals surface area contributed by atoms with E-state index in [2.05, 4.69) is 20.3 Å². The summed E-state index contributed by atoms with van der Waals surface area (Å²) in [7, 11) is 1.77. The molecule has 0 saturated heterocycles. The van der Waals surface area contributed by atoms with Crippen LogP contribution in [0.5, 0.6) is 0 Å². The van der Waals surface area contributed by atoms with Crippen molar-refractivity contribution in [3.8, 4) is 11.4 Å². The van der Waals surface area contributed by atoms with Gasteiger partial charge in [0.2, 0.25) is 12.2 Å². The lowest BCUT2D eigenvalue weighted by atomic mass is 10.2. The molecule has 19 heavy (non-hydrogen) atoms. The molecule has 93 valence electrons. The number of rotatable bonds is 3. The molecule has 0 spiro atoms. The Hall–Kier alpha value is -2.69. The second-order valence-electron chi connectivity index (χ2n) is 4.10. The minimum absolute atomic E-state index is 0.539. The summed E-state index contributed by atoms with van der Waals surface area (Å²) in [6, 6.07) is 9.17. The molecule has 1 radical (unpaired) electrons. The molecule has 3 aromatic rings. The molecule has 1 aromatic carbocycles. The van der Waals surface area contributed by atoms with Crippen LogP contribution in [0.4, 0.5) is 5.95 Å². The van der Waals surface area contributed by atoms with Gasteiger partial charge in [-0.15, -0.1) is 0 Å². The first-order valence-corrected chi connectivity index (χ1v) is 5.82. The summed E-state index contributed by atoms with van der Waals surface area (Å²) in [5.74, 6) is 0.568. The Labute approximate surface area is 109 Å². The fourth-order valence-corrected chi connectivity index (χ4v) is 1.96. The quantitative estimate of drug-likeness (QED) is 0.748. The molecular weight excluding hydrogens is 240 g/mol. The van der Waals surface area contributed by atoms with Crippen LogP contribution in [0.3, 0.4) is 0 Å². The predicted molar refractivity (Wildman–Crippen MR) is 73.7 cm³/mol. The van der Waals surface area contributed by atoms with Gasteiger partial charge in [-0.3, -0.25) is 4.79 Å². The van der Waals surface area contributed by atoms with Gasteiger partial charge < -0.3 is 10.3 Å². The van der Waals surface area contributed by atoms with Crippen molar-refractivity contribution in [2.45, 2.75) is 0 Å². The molecule has 2 aromatic heterocycles. The minimum Gasteiger partial charge on any atom is -0.357 e. The SMILES string of the molecule is CNc1nccc(-c2cc3cc([C]=O)ccc3[nH]2)n1. The maximum Gasteiger partial charge on any atom is 0.233 e. The zero-order valence-electron chi connectivity index (χ0n) is 10.3. The Morgan fingerprint density at radius 2 is 2.16 bits per heavy atom. The largest absolute Gasteiger partial charge is 0.357 e. The van der Waals surface area contributed by atoms with Gasteiger partial charge in [-0.1, -0.05) is 0 Å². The maximum atomic E-state index is 10.6. The number of carbonyl (C=O) groups excluding carboxylic acids is 1. The fourth-order valence-electron chi connectivity index (χ4n) is 1.96. The number of nitrogens with one attached hydrogen (secondary N) is 2. The van der Waals surface area contributed by atoms with Crippen LogP contribution in [0.15, 0.2) is 36.5 Å². The van der Waals surface area contributed by atoms with Crippen LogP contribution in [-0.2, 0) is 4.79 Å². The van der Waals surface area contributed by atoms with Crippen molar-refractivity contribution < 1.29 is 4.79 Å². The van der Waals surface area contributed by atoms with Gasteiger partial charge in [0.05, 0.1) is 11.4 Å². The number of aromatic amines is 1. The van der Waals surface area contributed by atoms with Gasteiger partial charge in [-0.2, -0.15) is 0 Å². The maximum absolute atomic E-state index is 10.6. The first-order valence-electron chi connectivity index (χ1n) is 5.82. The van der Waals surface area contributed by atoms with Crippen molar-refractivity contribution in [1.82, 2.24) is 15.0 Å². The highest BCUT2D eigenvalue weighted by Gasteiger charge is 2.06. The molecule has 0 amide bonds. The minimum atomic E-state index is 0.539. The summed E-state index contributed by atoms with van der Waals surface area (Å²) in [4.78, 5) is 22.4. The molecule has 0 aliphatic carbocycles. The van der Waals surface area contributed by atoms with Crippen LogP contribution in [-0.4, -0.2) is 28.3 Å². The topological polar surface area (TPSA) is 70.7 Å². The number of hydrogen-bond donors (Lipinski definition) is 2. The Bertz CT molecular complexity index is 748. The van der Waals surface area contributed by atoms with Gasteiger partial charge in [-0.05, 0) is 30.3 Å². The monoisotopic (exact) mass is 251 g/mol. The van der Waals surface area contributed by atoms with Crippen molar-refractivity contribution >= 4 is 23.1 Å². The molecule has 3 rings (SSSR count). The van der Waals surface area contributed by atoms with E-state index in [0.717, 1.165) is 22.3 Å². The van der Waals surface area contributed by atoms with Crippen LogP contribution >= 0.6 is 0 Å². The van der Waals surface area contributed by atoms with Gasteiger partial charge in [0.25, 0.3) is 0 Å². The Morgan fingerprint density at radius 3 is 2.95 bits per heavy atom. The molecule has 0 saturated carbocycles. The van der Waals surface area contributed by atoms with E-state index in [4.69, 9.17) is 0 Å². The van der Waals surface area contributed by atoms with Crippen LogP contribution in [0.2, 0.25) is 0 Å². The highest BCUT2D eigenvalue weighted by molar-refractivity contribution is 5.90. The van der Waals surface area contributed by atoms with E-state index in [1.807, 2.05) is 24.5 Å². The summed E-state index contributed by atoms with van der Waals surface area (Å²) in [5, 5.41) is 3.86. The summed E-state index contributed by atoms with van der Waals surface area (Å²) < 4.78 is 0. The Morgan fingerprint density at radius 1 is 1.26 bits per heavy atom. The van der Waals surface area contributed by atoms with Gasteiger partial charge >= 0.3 is 0 Å². The molecule has 5 heteroatoms. The lowest BCUT2D eigenvalue weighted by molar-refractivity contribution is 0.563. The highest BCUT2D eigenvalue weighted by Crippen LogP contribution is 2.23.